The molecule has 1 fully saturated rings. The van der Waals surface area contributed by atoms with Crippen molar-refractivity contribution in [3.05, 3.63) is 52.9 Å². The first-order valence-electron chi connectivity index (χ1n) is 8.42. The number of hydrogen-bond acceptors (Lipinski definition) is 3. The van der Waals surface area contributed by atoms with Crippen LogP contribution in [0.3, 0.4) is 0 Å². The third-order valence-corrected chi connectivity index (χ3v) is 5.10. The van der Waals surface area contributed by atoms with Gasteiger partial charge in [-0.15, -0.1) is 0 Å². The Morgan fingerprint density at radius 2 is 2.16 bits per heavy atom. The van der Waals surface area contributed by atoms with E-state index in [4.69, 9.17) is 4.42 Å². The van der Waals surface area contributed by atoms with E-state index in [1.54, 1.807) is 11.2 Å². The monoisotopic (exact) mass is 404 g/mol. The van der Waals surface area contributed by atoms with E-state index in [9.17, 15) is 9.59 Å². The molecule has 1 aromatic carbocycles. The first kappa shape index (κ1) is 17.7. The summed E-state index contributed by atoms with van der Waals surface area (Å²) in [6, 6.07) is 11.4. The lowest BCUT2D eigenvalue weighted by Crippen LogP contribution is -2.38. The van der Waals surface area contributed by atoms with E-state index in [1.807, 2.05) is 43.3 Å². The van der Waals surface area contributed by atoms with Crippen molar-refractivity contribution in [3.63, 3.8) is 0 Å². The maximum atomic E-state index is 12.5. The van der Waals surface area contributed by atoms with Crippen LogP contribution < -0.4 is 10.2 Å². The van der Waals surface area contributed by atoms with Crippen LogP contribution in [0, 0.1) is 5.92 Å². The number of carbonyl (C=O) groups is 2. The summed E-state index contributed by atoms with van der Waals surface area (Å²) in [6.07, 6.45) is 3.48. The average Bonchev–Trinajstić information content (AvgIpc) is 3.23. The summed E-state index contributed by atoms with van der Waals surface area (Å²) >= 11 is 3.47. The number of hydrogen-bond donors (Lipinski definition) is 1. The molecule has 0 radical (unpaired) electrons. The number of para-hydroxylation sites is 1. The van der Waals surface area contributed by atoms with Gasteiger partial charge < -0.3 is 14.6 Å². The number of furan rings is 1. The first-order valence-corrected chi connectivity index (χ1v) is 9.21. The van der Waals surface area contributed by atoms with Gasteiger partial charge >= 0.3 is 0 Å². The molecule has 1 saturated heterocycles. The second-order valence-corrected chi connectivity index (χ2v) is 7.24. The van der Waals surface area contributed by atoms with Crippen LogP contribution >= 0.6 is 15.9 Å². The number of anilines is 1. The Kier molecular flexibility index (Phi) is 5.58. The van der Waals surface area contributed by atoms with Crippen molar-refractivity contribution in [1.82, 2.24) is 5.32 Å². The molecule has 25 heavy (non-hydrogen) atoms. The molecule has 0 saturated carbocycles. The van der Waals surface area contributed by atoms with Gasteiger partial charge in [-0.3, -0.25) is 9.59 Å². The van der Waals surface area contributed by atoms with Gasteiger partial charge in [0.15, 0.2) is 0 Å². The molecular formula is C19H21BrN2O3. The fraction of sp³-hybridized carbons (Fsp3) is 0.368. The molecular weight excluding hydrogens is 384 g/mol. The third-order valence-electron chi connectivity index (χ3n) is 4.43. The van der Waals surface area contributed by atoms with Gasteiger partial charge in [0, 0.05) is 29.9 Å². The predicted octanol–water partition coefficient (Wildman–Crippen LogP) is 3.53. The van der Waals surface area contributed by atoms with Gasteiger partial charge in [-0.25, -0.2) is 0 Å². The summed E-state index contributed by atoms with van der Waals surface area (Å²) in [6.45, 7) is 2.39. The van der Waals surface area contributed by atoms with Crippen molar-refractivity contribution in [2.45, 2.75) is 32.2 Å². The molecule has 3 rings (SSSR count). The molecule has 0 spiro atoms. The Labute approximate surface area is 155 Å². The van der Waals surface area contributed by atoms with Gasteiger partial charge in [0.2, 0.25) is 11.8 Å². The van der Waals surface area contributed by atoms with Crippen molar-refractivity contribution < 1.29 is 14.0 Å². The zero-order chi connectivity index (χ0) is 17.8. The Bertz CT molecular complexity index is 745. The Hall–Kier alpha value is -2.08. The van der Waals surface area contributed by atoms with E-state index in [1.165, 1.54) is 0 Å². The number of rotatable bonds is 6. The van der Waals surface area contributed by atoms with E-state index < -0.39 is 0 Å². The number of aryl methyl sites for hydroxylation is 1. The molecule has 5 nitrogen and oxygen atoms in total. The van der Waals surface area contributed by atoms with Gasteiger partial charge in [-0.2, -0.15) is 0 Å². The summed E-state index contributed by atoms with van der Waals surface area (Å²) in [5, 5.41) is 3.02. The summed E-state index contributed by atoms with van der Waals surface area (Å²) in [4.78, 5) is 26.5. The molecule has 1 aliphatic heterocycles. The number of amides is 2. The standard InChI is InChI=1S/C19H21BrN2O3/c1-13(8-9-15-5-4-10-25-15)21-19(24)14-11-18(23)22(12-14)17-7-3-2-6-16(17)20/h2-7,10,13-14H,8-9,11-12H2,1H3,(H,21,24)/t13-,14+/m1/s1. The van der Waals surface area contributed by atoms with Crippen molar-refractivity contribution in [2.24, 2.45) is 5.92 Å². The average molecular weight is 405 g/mol. The fourth-order valence-corrected chi connectivity index (χ4v) is 3.53. The Morgan fingerprint density at radius 1 is 1.36 bits per heavy atom. The fourth-order valence-electron chi connectivity index (χ4n) is 3.03. The van der Waals surface area contributed by atoms with Crippen molar-refractivity contribution in [3.8, 4) is 0 Å². The van der Waals surface area contributed by atoms with E-state index in [0.29, 0.717) is 6.54 Å². The summed E-state index contributed by atoms with van der Waals surface area (Å²) in [5.41, 5.74) is 0.814. The lowest BCUT2D eigenvalue weighted by atomic mass is 10.1. The van der Waals surface area contributed by atoms with E-state index >= 15 is 0 Å². The highest BCUT2D eigenvalue weighted by Crippen LogP contribution is 2.31. The molecule has 0 unspecified atom stereocenters. The Morgan fingerprint density at radius 3 is 2.88 bits per heavy atom. The maximum Gasteiger partial charge on any atom is 0.227 e. The van der Waals surface area contributed by atoms with Crippen LogP contribution in [0.1, 0.15) is 25.5 Å². The summed E-state index contributed by atoms with van der Waals surface area (Å²) in [7, 11) is 0. The zero-order valence-corrected chi connectivity index (χ0v) is 15.7. The van der Waals surface area contributed by atoms with Crippen molar-refractivity contribution in [2.75, 3.05) is 11.4 Å². The van der Waals surface area contributed by atoms with E-state index in [0.717, 1.165) is 28.8 Å². The Balaban J connectivity index is 1.54. The van der Waals surface area contributed by atoms with Crippen LogP contribution in [0.2, 0.25) is 0 Å². The molecule has 2 aromatic rings. The molecule has 1 aliphatic rings. The molecule has 132 valence electrons. The second-order valence-electron chi connectivity index (χ2n) is 6.38. The lowest BCUT2D eigenvalue weighted by molar-refractivity contribution is -0.126. The highest BCUT2D eigenvalue weighted by atomic mass is 79.9. The normalized spacial score (nSPS) is 18.4. The zero-order valence-electron chi connectivity index (χ0n) is 14.1. The van der Waals surface area contributed by atoms with Gasteiger partial charge in [0.1, 0.15) is 5.76 Å². The van der Waals surface area contributed by atoms with E-state index in [2.05, 4.69) is 21.2 Å². The van der Waals surface area contributed by atoms with Crippen LogP contribution in [0.5, 0.6) is 0 Å². The van der Waals surface area contributed by atoms with Crippen LogP contribution in [0.15, 0.2) is 51.6 Å². The highest BCUT2D eigenvalue weighted by Gasteiger charge is 2.36. The number of nitrogens with one attached hydrogen (secondary N) is 1. The van der Waals surface area contributed by atoms with Crippen LogP contribution in [0.25, 0.3) is 0 Å². The molecule has 2 atom stereocenters. The SMILES string of the molecule is C[C@H](CCc1ccco1)NC(=O)[C@H]1CC(=O)N(c2ccccc2Br)C1. The van der Waals surface area contributed by atoms with Crippen LogP contribution in [-0.2, 0) is 16.0 Å². The molecule has 1 N–H and O–H groups in total. The van der Waals surface area contributed by atoms with Crippen molar-refractivity contribution >= 4 is 33.4 Å². The molecule has 2 amide bonds. The molecule has 2 heterocycles. The number of carbonyl (C=O) groups excluding carboxylic acids is 2. The first-order chi connectivity index (χ1) is 12.0. The predicted molar refractivity (Wildman–Crippen MR) is 99.2 cm³/mol. The molecule has 6 heteroatoms. The van der Waals surface area contributed by atoms with Gasteiger partial charge in [-0.1, -0.05) is 12.1 Å². The smallest absolute Gasteiger partial charge is 0.227 e. The van der Waals surface area contributed by atoms with Gasteiger partial charge in [0.05, 0.1) is 17.9 Å². The molecule has 1 aromatic heterocycles. The third kappa shape index (κ3) is 4.31. The van der Waals surface area contributed by atoms with Crippen molar-refractivity contribution in [1.29, 1.82) is 0 Å². The minimum atomic E-state index is -0.314. The minimum Gasteiger partial charge on any atom is -0.469 e. The number of benzene rings is 1. The highest BCUT2D eigenvalue weighted by molar-refractivity contribution is 9.10. The van der Waals surface area contributed by atoms with Crippen LogP contribution in [0.4, 0.5) is 5.69 Å². The van der Waals surface area contributed by atoms with Gasteiger partial charge in [-0.05, 0) is 53.5 Å². The van der Waals surface area contributed by atoms with Gasteiger partial charge in [0.25, 0.3) is 0 Å². The lowest BCUT2D eigenvalue weighted by Gasteiger charge is -2.19. The van der Waals surface area contributed by atoms with Crippen LogP contribution in [-0.4, -0.2) is 24.4 Å². The largest absolute Gasteiger partial charge is 0.469 e. The number of nitrogens with zero attached hydrogens (tertiary/aromatic N) is 1. The van der Waals surface area contributed by atoms with E-state index in [-0.39, 0.29) is 30.2 Å². The summed E-state index contributed by atoms with van der Waals surface area (Å²) < 4.78 is 6.17. The minimum absolute atomic E-state index is 0.0183. The maximum absolute atomic E-state index is 12.5. The second kappa shape index (κ2) is 7.87. The summed E-state index contributed by atoms with van der Waals surface area (Å²) in [5.74, 6) is 0.521. The topological polar surface area (TPSA) is 62.6 Å². The molecule has 0 aliphatic carbocycles. The number of halogens is 1. The quantitative estimate of drug-likeness (QED) is 0.800. The molecule has 0 bridgehead atoms.